The number of aromatic hydroxyl groups is 1. The molecule has 100 valence electrons. The zero-order chi connectivity index (χ0) is 13.8. The number of amides is 1. The van der Waals surface area contributed by atoms with Gasteiger partial charge in [-0.25, -0.2) is 0 Å². The van der Waals surface area contributed by atoms with Crippen LogP contribution in [0.15, 0.2) is 41.8 Å². The molecule has 1 amide bonds. The first-order chi connectivity index (χ1) is 9.08. The van der Waals surface area contributed by atoms with Crippen LogP contribution < -0.4 is 5.73 Å². The Morgan fingerprint density at radius 2 is 2.21 bits per heavy atom. The fraction of sp³-hybridized carbons (Fsp3) is 0.214. The summed E-state index contributed by atoms with van der Waals surface area (Å²) < 4.78 is 0. The largest absolute Gasteiger partial charge is 0.508 e. The number of hydrogen-bond acceptors (Lipinski definition) is 4. The Bertz CT molecular complexity index is 554. The first kappa shape index (κ1) is 13.6. The van der Waals surface area contributed by atoms with Gasteiger partial charge in [-0.05, 0) is 29.1 Å². The normalized spacial score (nSPS) is 12.1. The molecule has 1 aromatic carbocycles. The molecule has 0 bridgehead atoms. The van der Waals surface area contributed by atoms with E-state index in [2.05, 4.69) is 0 Å². The summed E-state index contributed by atoms with van der Waals surface area (Å²) in [5.74, 6) is 0.0618. The lowest BCUT2D eigenvalue weighted by atomic mass is 10.2. The number of phenols is 1. The molecular formula is C14H16N2O2S. The second kappa shape index (κ2) is 5.86. The Balaban J connectivity index is 2.03. The third kappa shape index (κ3) is 3.33. The molecule has 0 aliphatic rings. The standard InChI is InChI=1S/C14H16N2O2S/c1-16(9-10-4-2-5-11(17)8-10)14(18)13(15)12-6-3-7-19-12/h2-8,13,17H,9,15H2,1H3. The van der Waals surface area contributed by atoms with Crippen molar-refractivity contribution in [3.63, 3.8) is 0 Å². The van der Waals surface area contributed by atoms with Gasteiger partial charge in [0.2, 0.25) is 5.91 Å². The molecule has 0 spiro atoms. The predicted octanol–water partition coefficient (Wildman–Crippen LogP) is 2.11. The highest BCUT2D eigenvalue weighted by atomic mass is 32.1. The van der Waals surface area contributed by atoms with Crippen molar-refractivity contribution in [1.82, 2.24) is 4.90 Å². The SMILES string of the molecule is CN(Cc1cccc(O)c1)C(=O)C(N)c1cccs1. The third-order valence-electron chi connectivity index (χ3n) is 2.82. The molecule has 2 aromatic rings. The van der Waals surface area contributed by atoms with Crippen LogP contribution in [-0.2, 0) is 11.3 Å². The summed E-state index contributed by atoms with van der Waals surface area (Å²) in [7, 11) is 1.71. The second-order valence-corrected chi connectivity index (χ2v) is 5.34. The maximum absolute atomic E-state index is 12.2. The van der Waals surface area contributed by atoms with Crippen molar-refractivity contribution in [3.05, 3.63) is 52.2 Å². The molecule has 0 aliphatic carbocycles. The first-order valence-electron chi connectivity index (χ1n) is 5.90. The zero-order valence-electron chi connectivity index (χ0n) is 10.6. The molecule has 3 N–H and O–H groups in total. The highest BCUT2D eigenvalue weighted by molar-refractivity contribution is 7.10. The van der Waals surface area contributed by atoms with Crippen molar-refractivity contribution < 1.29 is 9.90 Å². The van der Waals surface area contributed by atoms with Gasteiger partial charge in [-0.2, -0.15) is 0 Å². The summed E-state index contributed by atoms with van der Waals surface area (Å²) in [4.78, 5) is 14.6. The molecule has 0 saturated carbocycles. The number of carbonyl (C=O) groups is 1. The average molecular weight is 276 g/mol. The van der Waals surface area contributed by atoms with Gasteiger partial charge in [-0.15, -0.1) is 11.3 Å². The smallest absolute Gasteiger partial charge is 0.244 e. The van der Waals surface area contributed by atoms with Crippen LogP contribution in [0.1, 0.15) is 16.5 Å². The fourth-order valence-electron chi connectivity index (χ4n) is 1.83. The van der Waals surface area contributed by atoms with Gasteiger partial charge in [-0.1, -0.05) is 18.2 Å². The molecule has 1 unspecified atom stereocenters. The minimum atomic E-state index is -0.623. The Labute approximate surface area is 116 Å². The summed E-state index contributed by atoms with van der Waals surface area (Å²) in [6.07, 6.45) is 0. The second-order valence-electron chi connectivity index (χ2n) is 4.36. The highest BCUT2D eigenvalue weighted by Crippen LogP contribution is 2.19. The van der Waals surface area contributed by atoms with Crippen molar-refractivity contribution >= 4 is 17.2 Å². The van der Waals surface area contributed by atoms with Gasteiger partial charge in [0.25, 0.3) is 0 Å². The Hall–Kier alpha value is -1.85. The Kier molecular flexibility index (Phi) is 4.19. The van der Waals surface area contributed by atoms with E-state index in [0.717, 1.165) is 10.4 Å². The van der Waals surface area contributed by atoms with Gasteiger partial charge >= 0.3 is 0 Å². The number of thiophene rings is 1. The molecule has 1 heterocycles. The van der Waals surface area contributed by atoms with Crippen LogP contribution in [0.4, 0.5) is 0 Å². The predicted molar refractivity (Wildman–Crippen MR) is 75.8 cm³/mol. The zero-order valence-corrected chi connectivity index (χ0v) is 11.4. The maximum atomic E-state index is 12.2. The number of likely N-dealkylation sites (N-methyl/N-ethyl adjacent to an activating group) is 1. The molecule has 0 saturated heterocycles. The Morgan fingerprint density at radius 1 is 1.42 bits per heavy atom. The van der Waals surface area contributed by atoms with Gasteiger partial charge in [0, 0.05) is 18.5 Å². The quantitative estimate of drug-likeness (QED) is 0.899. The molecule has 1 atom stereocenters. The summed E-state index contributed by atoms with van der Waals surface area (Å²) in [6.45, 7) is 0.423. The van der Waals surface area contributed by atoms with E-state index in [-0.39, 0.29) is 11.7 Å². The molecule has 1 aromatic heterocycles. The Morgan fingerprint density at radius 3 is 2.84 bits per heavy atom. The van der Waals surface area contributed by atoms with Crippen LogP contribution >= 0.6 is 11.3 Å². The van der Waals surface area contributed by atoms with Crippen molar-refractivity contribution in [3.8, 4) is 5.75 Å². The molecule has 0 radical (unpaired) electrons. The van der Waals surface area contributed by atoms with Crippen molar-refractivity contribution in [1.29, 1.82) is 0 Å². The lowest BCUT2D eigenvalue weighted by Crippen LogP contribution is -2.35. The number of nitrogens with two attached hydrogens (primary N) is 1. The van der Waals surface area contributed by atoms with Crippen molar-refractivity contribution in [2.75, 3.05) is 7.05 Å². The number of rotatable bonds is 4. The van der Waals surface area contributed by atoms with Crippen LogP contribution in [0.5, 0.6) is 5.75 Å². The monoisotopic (exact) mass is 276 g/mol. The van der Waals surface area contributed by atoms with Crippen molar-refractivity contribution in [2.24, 2.45) is 5.73 Å². The summed E-state index contributed by atoms with van der Waals surface area (Å²) in [5, 5.41) is 11.3. The van der Waals surface area contributed by atoms with Gasteiger partial charge in [0.1, 0.15) is 11.8 Å². The molecule has 2 rings (SSSR count). The van der Waals surface area contributed by atoms with Crippen LogP contribution in [0.3, 0.4) is 0 Å². The number of hydrogen-bond donors (Lipinski definition) is 2. The summed E-state index contributed by atoms with van der Waals surface area (Å²) >= 11 is 1.47. The van der Waals surface area contributed by atoms with E-state index in [4.69, 9.17) is 5.73 Å². The maximum Gasteiger partial charge on any atom is 0.244 e. The van der Waals surface area contributed by atoms with E-state index in [1.165, 1.54) is 11.3 Å². The molecular weight excluding hydrogens is 260 g/mol. The lowest BCUT2D eigenvalue weighted by molar-refractivity contribution is -0.131. The molecule has 0 aliphatic heterocycles. The van der Waals surface area contributed by atoms with Gasteiger partial charge in [-0.3, -0.25) is 4.79 Å². The van der Waals surface area contributed by atoms with E-state index in [9.17, 15) is 9.90 Å². The van der Waals surface area contributed by atoms with E-state index in [1.807, 2.05) is 23.6 Å². The lowest BCUT2D eigenvalue weighted by Gasteiger charge is -2.20. The van der Waals surface area contributed by atoms with Gasteiger partial charge < -0.3 is 15.7 Å². The summed E-state index contributed by atoms with van der Waals surface area (Å²) in [6, 6.07) is 9.96. The highest BCUT2D eigenvalue weighted by Gasteiger charge is 2.20. The number of nitrogens with zero attached hydrogens (tertiary/aromatic N) is 1. The van der Waals surface area contributed by atoms with Crippen molar-refractivity contribution in [2.45, 2.75) is 12.6 Å². The third-order valence-corrected chi connectivity index (χ3v) is 3.78. The van der Waals surface area contributed by atoms with Gasteiger partial charge in [0.05, 0.1) is 0 Å². The minimum absolute atomic E-state index is 0.134. The van der Waals surface area contributed by atoms with E-state index in [1.54, 1.807) is 30.1 Å². The number of benzene rings is 1. The van der Waals surface area contributed by atoms with Crippen LogP contribution in [0.25, 0.3) is 0 Å². The molecule has 19 heavy (non-hydrogen) atoms. The van der Waals surface area contributed by atoms with E-state index >= 15 is 0 Å². The van der Waals surface area contributed by atoms with Crippen LogP contribution in [0, 0.1) is 0 Å². The first-order valence-corrected chi connectivity index (χ1v) is 6.78. The van der Waals surface area contributed by atoms with E-state index in [0.29, 0.717) is 6.54 Å². The molecule has 4 nitrogen and oxygen atoms in total. The van der Waals surface area contributed by atoms with Crippen LogP contribution in [-0.4, -0.2) is 23.0 Å². The minimum Gasteiger partial charge on any atom is -0.508 e. The molecule has 5 heteroatoms. The van der Waals surface area contributed by atoms with E-state index < -0.39 is 6.04 Å². The molecule has 0 fully saturated rings. The average Bonchev–Trinajstić information content (AvgIpc) is 2.90. The topological polar surface area (TPSA) is 66.6 Å². The van der Waals surface area contributed by atoms with Crippen LogP contribution in [0.2, 0.25) is 0 Å². The number of phenolic OH excluding ortho intramolecular Hbond substituents is 1. The summed E-state index contributed by atoms with van der Waals surface area (Å²) in [5.41, 5.74) is 6.81. The fourth-order valence-corrected chi connectivity index (χ4v) is 2.55. The number of carbonyl (C=O) groups excluding carboxylic acids is 1. The van der Waals surface area contributed by atoms with Gasteiger partial charge in [0.15, 0.2) is 0 Å².